The quantitative estimate of drug-likeness (QED) is 0.754. The maximum atomic E-state index is 12.4. The number of sulfone groups is 1. The van der Waals surface area contributed by atoms with Crippen LogP contribution < -0.4 is 9.64 Å². The molecule has 2 fully saturated rings. The maximum Gasteiger partial charge on any atom is 0.253 e. The number of hydrogen-bond donors (Lipinski definition) is 0. The number of anilines is 1. The van der Waals surface area contributed by atoms with Crippen LogP contribution in [0.2, 0.25) is 0 Å². The number of thioether (sulfide) groups is 1. The monoisotopic (exact) mass is 422 g/mol. The van der Waals surface area contributed by atoms with Gasteiger partial charge in [-0.2, -0.15) is 4.99 Å². The number of fused-ring (bicyclic) bond motifs is 1. The van der Waals surface area contributed by atoms with E-state index in [0.717, 1.165) is 10.6 Å². The van der Waals surface area contributed by atoms with Crippen molar-refractivity contribution in [1.29, 1.82) is 0 Å². The highest BCUT2D eigenvalue weighted by Gasteiger charge is 2.49. The van der Waals surface area contributed by atoms with Crippen molar-refractivity contribution in [2.75, 3.05) is 23.5 Å². The number of methoxy groups -OCH3 is 1. The Morgan fingerprint density at radius 2 is 2.04 bits per heavy atom. The van der Waals surface area contributed by atoms with Gasteiger partial charge in [0.1, 0.15) is 5.75 Å². The van der Waals surface area contributed by atoms with Crippen molar-refractivity contribution in [2.45, 2.75) is 17.7 Å². The minimum atomic E-state index is -3.08. The number of benzene rings is 1. The van der Waals surface area contributed by atoms with E-state index >= 15 is 0 Å². The van der Waals surface area contributed by atoms with Gasteiger partial charge >= 0.3 is 0 Å². The Hall–Kier alpha value is -1.84. The summed E-state index contributed by atoms with van der Waals surface area (Å²) >= 11 is 2.91. The Bertz CT molecular complexity index is 969. The molecule has 2 saturated heterocycles. The molecular weight excluding hydrogens is 404 g/mol. The summed E-state index contributed by atoms with van der Waals surface area (Å²) in [7, 11) is -1.48. The van der Waals surface area contributed by atoms with Crippen LogP contribution in [-0.4, -0.2) is 49.4 Å². The number of amides is 1. The predicted molar refractivity (Wildman–Crippen MR) is 110 cm³/mol. The number of aliphatic imine (C=N–C) groups is 1. The van der Waals surface area contributed by atoms with Crippen LogP contribution in [0, 0.1) is 0 Å². The van der Waals surface area contributed by atoms with Gasteiger partial charge < -0.3 is 9.64 Å². The van der Waals surface area contributed by atoms with E-state index in [1.54, 1.807) is 7.11 Å². The molecule has 0 N–H and O–H groups in total. The third-order valence-electron chi connectivity index (χ3n) is 4.54. The van der Waals surface area contributed by atoms with Gasteiger partial charge in [-0.1, -0.05) is 17.8 Å². The van der Waals surface area contributed by atoms with Crippen LogP contribution in [0.1, 0.15) is 4.88 Å². The Balaban J connectivity index is 1.65. The minimum absolute atomic E-state index is 0.0782. The van der Waals surface area contributed by atoms with Gasteiger partial charge in [0, 0.05) is 15.8 Å². The van der Waals surface area contributed by atoms with Gasteiger partial charge in [-0.25, -0.2) is 8.42 Å². The summed E-state index contributed by atoms with van der Waals surface area (Å²) in [6.07, 6.45) is 0.256. The number of hydrogen-bond acceptors (Lipinski definition) is 6. The molecule has 1 aromatic carbocycles. The van der Waals surface area contributed by atoms with Crippen LogP contribution in [0.4, 0.5) is 5.69 Å². The lowest BCUT2D eigenvalue weighted by Crippen LogP contribution is -2.37. The van der Waals surface area contributed by atoms with Crippen molar-refractivity contribution in [3.63, 3.8) is 0 Å². The van der Waals surface area contributed by atoms with Crippen LogP contribution in [-0.2, 0) is 21.1 Å². The zero-order valence-electron chi connectivity index (χ0n) is 14.6. The highest BCUT2D eigenvalue weighted by atomic mass is 32.2. The molecule has 6 nitrogen and oxygen atoms in total. The highest BCUT2D eigenvalue weighted by molar-refractivity contribution is 8.16. The lowest BCUT2D eigenvalue weighted by molar-refractivity contribution is -0.117. The van der Waals surface area contributed by atoms with Crippen molar-refractivity contribution >= 4 is 49.7 Å². The second-order valence-electron chi connectivity index (χ2n) is 6.41. The van der Waals surface area contributed by atoms with E-state index in [2.05, 4.69) is 4.99 Å². The Morgan fingerprint density at radius 1 is 1.26 bits per heavy atom. The fraction of sp³-hybridized carbons (Fsp3) is 0.333. The first-order valence-electron chi connectivity index (χ1n) is 8.39. The van der Waals surface area contributed by atoms with E-state index < -0.39 is 9.84 Å². The van der Waals surface area contributed by atoms with Crippen LogP contribution in [0.15, 0.2) is 46.8 Å². The normalized spacial score (nSPS) is 24.9. The van der Waals surface area contributed by atoms with Gasteiger partial charge in [-0.15, -0.1) is 11.3 Å². The van der Waals surface area contributed by atoms with E-state index in [9.17, 15) is 13.2 Å². The molecule has 1 aromatic heterocycles. The summed E-state index contributed by atoms with van der Waals surface area (Å²) in [4.78, 5) is 19.6. The summed E-state index contributed by atoms with van der Waals surface area (Å²) in [5.74, 6) is 0.692. The molecule has 0 radical (unpaired) electrons. The van der Waals surface area contributed by atoms with Crippen molar-refractivity contribution in [2.24, 2.45) is 4.99 Å². The summed E-state index contributed by atoms with van der Waals surface area (Å²) in [5.41, 5.74) is 0.815. The molecule has 142 valence electrons. The molecule has 0 aliphatic carbocycles. The average molecular weight is 423 g/mol. The second-order valence-corrected chi connectivity index (χ2v) is 10.8. The maximum absolute atomic E-state index is 12.4. The second kappa shape index (κ2) is 7.29. The van der Waals surface area contributed by atoms with Crippen molar-refractivity contribution in [3.8, 4) is 5.75 Å². The molecular formula is C18H18N2O4S3. The van der Waals surface area contributed by atoms with Gasteiger partial charge in [0.15, 0.2) is 15.0 Å². The topological polar surface area (TPSA) is 76.0 Å². The third kappa shape index (κ3) is 3.90. The first-order valence-corrected chi connectivity index (χ1v) is 12.0. The smallest absolute Gasteiger partial charge is 0.253 e. The minimum Gasteiger partial charge on any atom is -0.497 e. The fourth-order valence-corrected chi connectivity index (χ4v) is 7.94. The lowest BCUT2D eigenvalue weighted by Gasteiger charge is -2.24. The van der Waals surface area contributed by atoms with Crippen LogP contribution in [0.25, 0.3) is 0 Å². The Kier molecular flexibility index (Phi) is 5.00. The molecule has 0 spiro atoms. The summed E-state index contributed by atoms with van der Waals surface area (Å²) < 4.78 is 29.4. The van der Waals surface area contributed by atoms with Crippen LogP contribution >= 0.6 is 23.1 Å². The molecule has 0 unspecified atom stereocenters. The first-order chi connectivity index (χ1) is 12.9. The Morgan fingerprint density at radius 3 is 2.70 bits per heavy atom. The van der Waals surface area contributed by atoms with Gasteiger partial charge in [-0.05, 0) is 35.7 Å². The highest BCUT2D eigenvalue weighted by Crippen LogP contribution is 2.41. The number of nitrogens with zero attached hydrogens (tertiary/aromatic N) is 2. The standard InChI is InChI=1S/C18H18N2O4S3/c1-24-13-6-4-12(5-7-13)20-15-10-27(22,23)11-16(15)26-18(20)19-17(21)9-14-3-2-8-25-14/h2-8,15-16H,9-11H2,1H3/t15-,16+/m1/s1. The molecule has 0 bridgehead atoms. The van der Waals surface area contributed by atoms with E-state index in [-0.39, 0.29) is 35.1 Å². The van der Waals surface area contributed by atoms with Crippen molar-refractivity contribution in [1.82, 2.24) is 0 Å². The van der Waals surface area contributed by atoms with Crippen LogP contribution in [0.5, 0.6) is 5.75 Å². The molecule has 2 aromatic rings. The number of thiophene rings is 1. The van der Waals surface area contributed by atoms with Crippen molar-refractivity contribution in [3.05, 3.63) is 46.7 Å². The number of carbonyl (C=O) groups is 1. The number of ether oxygens (including phenoxy) is 1. The predicted octanol–water partition coefficient (Wildman–Crippen LogP) is 2.60. The Labute approximate surface area is 166 Å². The average Bonchev–Trinajstić information content (AvgIpc) is 3.30. The molecule has 4 rings (SSSR count). The molecule has 2 atom stereocenters. The molecule has 9 heteroatoms. The fourth-order valence-electron chi connectivity index (χ4n) is 3.32. The molecule has 3 heterocycles. The van der Waals surface area contributed by atoms with Gasteiger partial charge in [-0.3, -0.25) is 4.79 Å². The number of carbonyl (C=O) groups excluding carboxylic acids is 1. The van der Waals surface area contributed by atoms with E-state index in [4.69, 9.17) is 4.74 Å². The molecule has 27 heavy (non-hydrogen) atoms. The van der Waals surface area contributed by atoms with Gasteiger partial charge in [0.05, 0.1) is 31.1 Å². The number of rotatable bonds is 4. The van der Waals surface area contributed by atoms with E-state index in [1.807, 2.05) is 46.7 Å². The largest absolute Gasteiger partial charge is 0.497 e. The first kappa shape index (κ1) is 18.5. The van der Waals surface area contributed by atoms with Gasteiger partial charge in [0.25, 0.3) is 5.91 Å². The van der Waals surface area contributed by atoms with Gasteiger partial charge in [0.2, 0.25) is 0 Å². The zero-order valence-corrected chi connectivity index (χ0v) is 17.0. The molecule has 1 amide bonds. The van der Waals surface area contributed by atoms with Crippen molar-refractivity contribution < 1.29 is 17.9 Å². The lowest BCUT2D eigenvalue weighted by atomic mass is 10.2. The zero-order chi connectivity index (χ0) is 19.0. The van der Waals surface area contributed by atoms with E-state index in [0.29, 0.717) is 10.9 Å². The third-order valence-corrected chi connectivity index (χ3v) is 8.63. The molecule has 2 aliphatic rings. The summed E-state index contributed by atoms with van der Waals surface area (Å²) in [6.45, 7) is 0. The molecule has 0 saturated carbocycles. The number of amidine groups is 1. The SMILES string of the molecule is COc1ccc(N2C(=NC(=O)Cc3cccs3)S[C@H]3CS(=O)(=O)C[C@H]32)cc1. The summed E-state index contributed by atoms with van der Waals surface area (Å²) in [6, 6.07) is 11.0. The van der Waals surface area contributed by atoms with Crippen LogP contribution in [0.3, 0.4) is 0 Å². The summed E-state index contributed by atoms with van der Waals surface area (Å²) in [5, 5.41) is 2.40. The molecule has 2 aliphatic heterocycles. The van der Waals surface area contributed by atoms with E-state index in [1.165, 1.54) is 23.1 Å².